The van der Waals surface area contributed by atoms with Crippen LogP contribution in [0.2, 0.25) is 0 Å². The molecule has 0 spiro atoms. The van der Waals surface area contributed by atoms with Gasteiger partial charge in [-0.25, -0.2) is 21.6 Å². The summed E-state index contributed by atoms with van der Waals surface area (Å²) in [4.78, 5) is 30.0. The predicted molar refractivity (Wildman–Crippen MR) is 107 cm³/mol. The number of amides is 1. The summed E-state index contributed by atoms with van der Waals surface area (Å²) in [5.41, 5.74) is 0.358. The number of sulfonamides is 2. The summed E-state index contributed by atoms with van der Waals surface area (Å²) in [5, 5.41) is 0. The minimum atomic E-state index is -3.72. The second kappa shape index (κ2) is 8.32. The number of carbonyl (C=O) groups is 2. The van der Waals surface area contributed by atoms with E-state index < -0.39 is 44.6 Å². The van der Waals surface area contributed by atoms with E-state index in [2.05, 4.69) is 9.71 Å². The van der Waals surface area contributed by atoms with Crippen molar-refractivity contribution < 1.29 is 31.2 Å². The summed E-state index contributed by atoms with van der Waals surface area (Å²) < 4.78 is 55.8. The number of benzene rings is 1. The molecule has 13 heteroatoms. The van der Waals surface area contributed by atoms with Gasteiger partial charge in [0.1, 0.15) is 11.9 Å². The van der Waals surface area contributed by atoms with Crippen LogP contribution in [0.5, 0.6) is 0 Å². The lowest BCUT2D eigenvalue weighted by atomic mass is 10.2. The summed E-state index contributed by atoms with van der Waals surface area (Å²) in [5.74, 6) is -1.18. The number of ether oxygens (including phenoxy) is 1. The van der Waals surface area contributed by atoms with Crippen LogP contribution < -0.4 is 4.72 Å². The number of hydrogen-bond donors (Lipinski definition) is 1. The quantitative estimate of drug-likeness (QED) is 0.544. The first-order valence-corrected chi connectivity index (χ1v) is 12.4. The van der Waals surface area contributed by atoms with Crippen LogP contribution in [0.1, 0.15) is 12.5 Å². The highest BCUT2D eigenvalue weighted by atomic mass is 32.2. The van der Waals surface area contributed by atoms with Gasteiger partial charge in [-0.2, -0.15) is 4.31 Å². The van der Waals surface area contributed by atoms with E-state index in [1.54, 1.807) is 18.2 Å². The average molecular weight is 459 g/mol. The van der Waals surface area contributed by atoms with Gasteiger partial charge in [0.25, 0.3) is 15.9 Å². The Labute approximate surface area is 174 Å². The number of rotatable bonds is 5. The molecule has 30 heavy (non-hydrogen) atoms. The van der Waals surface area contributed by atoms with Crippen LogP contribution in [-0.4, -0.2) is 88.8 Å². The number of esters is 1. The molecule has 1 aromatic carbocycles. The summed E-state index contributed by atoms with van der Waals surface area (Å²) in [6, 6.07) is 5.21. The van der Waals surface area contributed by atoms with Crippen molar-refractivity contribution in [1.29, 1.82) is 0 Å². The van der Waals surface area contributed by atoms with Crippen LogP contribution in [0.4, 0.5) is 0 Å². The third-order valence-corrected chi connectivity index (χ3v) is 7.43. The van der Waals surface area contributed by atoms with Gasteiger partial charge in [0.15, 0.2) is 6.61 Å². The highest BCUT2D eigenvalue weighted by molar-refractivity contribution is 7.90. The molecule has 0 bridgehead atoms. The first kappa shape index (κ1) is 22.2. The summed E-state index contributed by atoms with van der Waals surface area (Å²) in [6.07, 6.45) is 1.11. The first-order chi connectivity index (χ1) is 14.0. The number of aliphatic imine (C=N–C) groups is 1. The molecule has 0 radical (unpaired) electrons. The largest absolute Gasteiger partial charge is 0.454 e. The smallest absolute Gasteiger partial charge is 0.331 e. The van der Waals surface area contributed by atoms with Crippen molar-refractivity contribution in [3.63, 3.8) is 0 Å². The first-order valence-electron chi connectivity index (χ1n) is 9.08. The molecule has 3 rings (SSSR count). The SMILES string of the molecule is C[C@H](N=C1NS(=O)(=O)c2ccccc21)C(=O)OCC(=O)N1CCN(S(C)(=O)=O)CC1. The van der Waals surface area contributed by atoms with Crippen LogP contribution in [0.25, 0.3) is 0 Å². The fourth-order valence-corrected chi connectivity index (χ4v) is 5.16. The zero-order valence-electron chi connectivity index (χ0n) is 16.4. The third kappa shape index (κ3) is 4.79. The molecule has 2 aliphatic heterocycles. The molecular formula is C17H22N4O7S2. The Bertz CT molecular complexity index is 1090. The molecule has 0 aromatic heterocycles. The lowest BCUT2D eigenvalue weighted by Gasteiger charge is -2.33. The van der Waals surface area contributed by atoms with E-state index >= 15 is 0 Å². The maximum Gasteiger partial charge on any atom is 0.331 e. The van der Waals surface area contributed by atoms with Gasteiger partial charge in [0, 0.05) is 31.7 Å². The number of carbonyl (C=O) groups excluding carboxylic acids is 2. The molecule has 1 fully saturated rings. The monoisotopic (exact) mass is 458 g/mol. The fourth-order valence-electron chi connectivity index (χ4n) is 3.09. The normalized spacial score (nSPS) is 21.0. The molecule has 1 saturated heterocycles. The summed E-state index contributed by atoms with van der Waals surface area (Å²) in [7, 11) is -7.03. The molecule has 1 amide bonds. The van der Waals surface area contributed by atoms with Crippen LogP contribution in [0, 0.1) is 0 Å². The van der Waals surface area contributed by atoms with Gasteiger partial charge >= 0.3 is 5.97 Å². The van der Waals surface area contributed by atoms with Gasteiger partial charge in [-0.1, -0.05) is 12.1 Å². The average Bonchev–Trinajstić information content (AvgIpc) is 2.95. The van der Waals surface area contributed by atoms with E-state index in [9.17, 15) is 26.4 Å². The van der Waals surface area contributed by atoms with Gasteiger partial charge in [0.05, 0.1) is 11.2 Å². The van der Waals surface area contributed by atoms with E-state index in [0.29, 0.717) is 5.56 Å². The lowest BCUT2D eigenvalue weighted by Crippen LogP contribution is -2.51. The molecular weight excluding hydrogens is 436 g/mol. The fraction of sp³-hybridized carbons (Fsp3) is 0.471. The number of piperazine rings is 1. The number of hydrogen-bond acceptors (Lipinski definition) is 8. The van der Waals surface area contributed by atoms with Crippen molar-refractivity contribution in [3.8, 4) is 0 Å². The second-order valence-electron chi connectivity index (χ2n) is 6.91. The molecule has 1 aromatic rings. The zero-order valence-corrected chi connectivity index (χ0v) is 18.1. The van der Waals surface area contributed by atoms with Crippen molar-refractivity contribution in [2.75, 3.05) is 39.0 Å². The second-order valence-corrected chi connectivity index (χ2v) is 10.5. The summed E-state index contributed by atoms with van der Waals surface area (Å²) in [6.45, 7) is 1.71. The van der Waals surface area contributed by atoms with E-state index in [1.165, 1.54) is 22.2 Å². The number of amidine groups is 1. The van der Waals surface area contributed by atoms with Gasteiger partial charge in [0.2, 0.25) is 10.0 Å². The molecule has 11 nitrogen and oxygen atoms in total. The molecule has 164 valence electrons. The molecule has 1 N–H and O–H groups in total. The number of fused-ring (bicyclic) bond motifs is 1. The molecule has 2 aliphatic rings. The maximum atomic E-state index is 12.2. The third-order valence-electron chi connectivity index (χ3n) is 4.72. The molecule has 0 unspecified atom stereocenters. The highest BCUT2D eigenvalue weighted by Crippen LogP contribution is 2.22. The minimum absolute atomic E-state index is 0.0401. The van der Waals surface area contributed by atoms with E-state index in [4.69, 9.17) is 4.74 Å². The van der Waals surface area contributed by atoms with Crippen LogP contribution in [-0.2, 0) is 34.4 Å². The van der Waals surface area contributed by atoms with Crippen molar-refractivity contribution >= 4 is 37.8 Å². The van der Waals surface area contributed by atoms with Crippen molar-refractivity contribution in [3.05, 3.63) is 29.8 Å². The Morgan fingerprint density at radius 3 is 2.47 bits per heavy atom. The van der Waals surface area contributed by atoms with E-state index in [1.807, 2.05) is 0 Å². The maximum absolute atomic E-state index is 12.2. The Balaban J connectivity index is 1.56. The van der Waals surface area contributed by atoms with E-state index in [-0.39, 0.29) is 36.9 Å². The number of nitrogens with one attached hydrogen (secondary N) is 1. The predicted octanol–water partition coefficient (Wildman–Crippen LogP) is -1.24. The lowest BCUT2D eigenvalue weighted by molar-refractivity contribution is -0.153. The Kier molecular flexibility index (Phi) is 6.15. The van der Waals surface area contributed by atoms with E-state index in [0.717, 1.165) is 6.26 Å². The van der Waals surface area contributed by atoms with Crippen molar-refractivity contribution in [1.82, 2.24) is 13.9 Å². The van der Waals surface area contributed by atoms with Gasteiger partial charge in [-0.3, -0.25) is 14.5 Å². The molecule has 0 saturated carbocycles. The Morgan fingerprint density at radius 1 is 1.20 bits per heavy atom. The standard InChI is InChI=1S/C17H22N4O7S2/c1-12(18-16-13-5-3-4-6-14(13)30(26,27)19-16)17(23)28-11-15(22)20-7-9-21(10-8-20)29(2,24)25/h3-6,12H,7-11H2,1-2H3,(H,18,19)/t12-/m0/s1. The van der Waals surface area contributed by atoms with Gasteiger partial charge in [-0.05, 0) is 19.1 Å². The van der Waals surface area contributed by atoms with Crippen molar-refractivity contribution in [2.24, 2.45) is 4.99 Å². The van der Waals surface area contributed by atoms with Crippen LogP contribution in [0.3, 0.4) is 0 Å². The Hall–Kier alpha value is -2.51. The molecule has 0 aliphatic carbocycles. The summed E-state index contributed by atoms with van der Waals surface area (Å²) >= 11 is 0. The van der Waals surface area contributed by atoms with Gasteiger partial charge < -0.3 is 9.64 Å². The topological polar surface area (TPSA) is 143 Å². The van der Waals surface area contributed by atoms with Crippen LogP contribution in [0.15, 0.2) is 34.2 Å². The van der Waals surface area contributed by atoms with Crippen molar-refractivity contribution in [2.45, 2.75) is 17.9 Å². The minimum Gasteiger partial charge on any atom is -0.454 e. The number of nitrogens with zero attached hydrogens (tertiary/aromatic N) is 3. The van der Waals surface area contributed by atoms with Crippen LogP contribution >= 0.6 is 0 Å². The zero-order chi connectivity index (χ0) is 22.1. The molecule has 1 atom stereocenters. The highest BCUT2D eigenvalue weighted by Gasteiger charge is 2.32. The molecule has 2 heterocycles. The Morgan fingerprint density at radius 2 is 1.83 bits per heavy atom. The van der Waals surface area contributed by atoms with Gasteiger partial charge in [-0.15, -0.1) is 0 Å².